The Hall–Kier alpha value is -2.53. The number of nitrogens with zero attached hydrogens (tertiary/aromatic N) is 3. The first-order valence-corrected chi connectivity index (χ1v) is 12.2. The van der Waals surface area contributed by atoms with Gasteiger partial charge in [0.2, 0.25) is 0 Å². The van der Waals surface area contributed by atoms with Gasteiger partial charge in [0.25, 0.3) is 0 Å². The Morgan fingerprint density at radius 1 is 1.25 bits per heavy atom. The highest BCUT2D eigenvalue weighted by molar-refractivity contribution is 7.83. The lowest BCUT2D eigenvalue weighted by Gasteiger charge is -2.27. The molecule has 1 fully saturated rings. The van der Waals surface area contributed by atoms with Crippen LogP contribution in [0.3, 0.4) is 0 Å². The van der Waals surface area contributed by atoms with Crippen LogP contribution in [-0.2, 0) is 16.7 Å². The third-order valence-corrected chi connectivity index (χ3v) is 7.52. The highest BCUT2D eigenvalue weighted by Gasteiger charge is 2.44. The Kier molecular flexibility index (Phi) is 5.20. The van der Waals surface area contributed by atoms with Crippen LogP contribution in [0.5, 0.6) is 0 Å². The molecule has 9 nitrogen and oxygen atoms in total. The second kappa shape index (κ2) is 7.80. The van der Waals surface area contributed by atoms with Gasteiger partial charge in [0.1, 0.15) is 17.8 Å². The molecule has 170 valence electrons. The molecule has 4 atom stereocenters. The van der Waals surface area contributed by atoms with E-state index in [2.05, 4.69) is 44.3 Å². The molecule has 4 N–H and O–H groups in total. The zero-order valence-corrected chi connectivity index (χ0v) is 18.6. The van der Waals surface area contributed by atoms with Gasteiger partial charge in [-0.15, -0.1) is 0 Å². The number of aliphatic hydroxyl groups is 1. The Morgan fingerprint density at radius 3 is 2.88 bits per heavy atom. The molecule has 0 spiro atoms. The van der Waals surface area contributed by atoms with E-state index < -0.39 is 21.8 Å². The number of aliphatic hydroxyl groups excluding tert-OH is 1. The van der Waals surface area contributed by atoms with Gasteiger partial charge >= 0.3 is 10.3 Å². The van der Waals surface area contributed by atoms with Crippen molar-refractivity contribution < 1.29 is 18.1 Å². The molecule has 10 heteroatoms. The molecule has 0 radical (unpaired) electrons. The Balaban J connectivity index is 1.39. The van der Waals surface area contributed by atoms with Gasteiger partial charge in [0, 0.05) is 24.2 Å². The molecule has 2 aliphatic rings. The third-order valence-electron chi connectivity index (χ3n) is 7.01. The summed E-state index contributed by atoms with van der Waals surface area (Å²) in [6, 6.07) is 10.6. The van der Waals surface area contributed by atoms with Crippen LogP contribution in [0, 0.1) is 5.41 Å². The molecule has 2 aliphatic carbocycles. The number of hydrogen-bond acceptors (Lipinski definition) is 6. The molecule has 0 saturated heterocycles. The van der Waals surface area contributed by atoms with Crippen LogP contribution in [0.4, 0.5) is 5.82 Å². The van der Waals surface area contributed by atoms with Crippen LogP contribution < -0.4 is 10.0 Å². The molecule has 2 aromatic heterocycles. The molecule has 32 heavy (non-hydrogen) atoms. The first-order valence-electron chi connectivity index (χ1n) is 10.8. The normalized spacial score (nSPS) is 27.7. The third kappa shape index (κ3) is 3.88. The summed E-state index contributed by atoms with van der Waals surface area (Å²) in [7, 11) is -4.31. The summed E-state index contributed by atoms with van der Waals surface area (Å²) in [5.41, 5.74) is 2.75. The topological polar surface area (TPSA) is 129 Å². The smallest absolute Gasteiger partial charge is 0.333 e. The Bertz CT molecular complexity index is 1260. The number of benzene rings is 1. The minimum atomic E-state index is -4.31. The fraction of sp³-hybridized carbons (Fsp3) is 0.455. The number of rotatable bonds is 6. The van der Waals surface area contributed by atoms with Crippen molar-refractivity contribution in [2.45, 2.75) is 50.8 Å². The van der Waals surface area contributed by atoms with E-state index in [-0.39, 0.29) is 18.6 Å². The maximum Gasteiger partial charge on any atom is 0.333 e. The lowest BCUT2D eigenvalue weighted by Crippen LogP contribution is -2.40. The number of aryl methyl sites for hydroxylation is 1. The molecule has 0 bridgehead atoms. The second-order valence-electron chi connectivity index (χ2n) is 9.18. The van der Waals surface area contributed by atoms with Crippen LogP contribution in [0.25, 0.3) is 11.0 Å². The first kappa shape index (κ1) is 21.3. The van der Waals surface area contributed by atoms with Crippen molar-refractivity contribution in [2.24, 2.45) is 5.41 Å². The molecule has 0 amide bonds. The molecule has 3 aromatic rings. The zero-order valence-electron chi connectivity index (χ0n) is 17.8. The quantitative estimate of drug-likeness (QED) is 0.419. The number of nitrogens with one attached hydrogen (secondary N) is 2. The fourth-order valence-electron chi connectivity index (χ4n) is 5.21. The van der Waals surface area contributed by atoms with Crippen LogP contribution in [0.2, 0.25) is 0 Å². The maximum atomic E-state index is 11.1. The van der Waals surface area contributed by atoms with Crippen LogP contribution >= 0.6 is 0 Å². The van der Waals surface area contributed by atoms with Crippen molar-refractivity contribution in [3.8, 4) is 0 Å². The average Bonchev–Trinajstić information content (AvgIpc) is 3.43. The van der Waals surface area contributed by atoms with Crippen molar-refractivity contribution in [1.82, 2.24) is 19.3 Å². The molecule has 0 aliphatic heterocycles. The lowest BCUT2D eigenvalue weighted by atomic mass is 9.86. The van der Waals surface area contributed by atoms with E-state index in [1.165, 1.54) is 11.1 Å². The molecule has 2 heterocycles. The van der Waals surface area contributed by atoms with E-state index in [1.807, 2.05) is 23.8 Å². The minimum Gasteiger partial charge on any atom is -0.392 e. The highest BCUT2D eigenvalue weighted by Crippen LogP contribution is 2.45. The summed E-state index contributed by atoms with van der Waals surface area (Å²) in [5.74, 6) is 0.782. The van der Waals surface area contributed by atoms with Crippen LogP contribution in [0.1, 0.15) is 49.4 Å². The molecule has 1 saturated carbocycles. The standard InChI is InChI=1S/C22H27N5O4S/c1-22(12-25-32(29,30)31)11-15(10-19(22)28)27-9-8-17-20(23-13-24-21(17)27)26-18-7-6-14-4-2-3-5-16(14)18/h2-5,8-9,13,15,18-19,25,28H,6-7,10-12H2,1H3,(H,23,24,26)(H,29,30,31)/t15-,18-,19-,22-/m0/s1. The molecule has 0 unspecified atom stereocenters. The monoisotopic (exact) mass is 457 g/mol. The summed E-state index contributed by atoms with van der Waals surface area (Å²) >= 11 is 0. The summed E-state index contributed by atoms with van der Waals surface area (Å²) < 4.78 is 35.4. The molecule has 1 aromatic carbocycles. The predicted molar refractivity (Wildman–Crippen MR) is 121 cm³/mol. The zero-order chi connectivity index (χ0) is 22.5. The number of fused-ring (bicyclic) bond motifs is 2. The van der Waals surface area contributed by atoms with E-state index >= 15 is 0 Å². The van der Waals surface area contributed by atoms with E-state index in [4.69, 9.17) is 4.55 Å². The van der Waals surface area contributed by atoms with Gasteiger partial charge in [-0.25, -0.2) is 9.97 Å². The number of hydrogen-bond donors (Lipinski definition) is 4. The van der Waals surface area contributed by atoms with Crippen LogP contribution in [-0.4, -0.2) is 45.3 Å². The van der Waals surface area contributed by atoms with E-state index in [0.29, 0.717) is 12.8 Å². The van der Waals surface area contributed by atoms with Crippen LogP contribution in [0.15, 0.2) is 42.9 Å². The maximum absolute atomic E-state index is 11.1. The van der Waals surface area contributed by atoms with Gasteiger partial charge < -0.3 is 15.0 Å². The predicted octanol–water partition coefficient (Wildman–Crippen LogP) is 2.63. The van der Waals surface area contributed by atoms with Crippen molar-refractivity contribution in [1.29, 1.82) is 0 Å². The Morgan fingerprint density at radius 2 is 2.06 bits per heavy atom. The van der Waals surface area contributed by atoms with E-state index in [1.54, 1.807) is 6.33 Å². The average molecular weight is 458 g/mol. The van der Waals surface area contributed by atoms with Gasteiger partial charge in [0.05, 0.1) is 17.5 Å². The van der Waals surface area contributed by atoms with Gasteiger partial charge in [0.15, 0.2) is 0 Å². The van der Waals surface area contributed by atoms with Gasteiger partial charge in [-0.3, -0.25) is 4.55 Å². The largest absolute Gasteiger partial charge is 0.392 e. The molecular formula is C22H27N5O4S. The van der Waals surface area contributed by atoms with E-state index in [0.717, 1.165) is 29.7 Å². The molecular weight excluding hydrogens is 430 g/mol. The summed E-state index contributed by atoms with van der Waals surface area (Å²) in [6.07, 6.45) is 5.85. The number of anilines is 1. The fourth-order valence-corrected chi connectivity index (χ4v) is 5.72. The lowest BCUT2D eigenvalue weighted by molar-refractivity contribution is 0.0694. The van der Waals surface area contributed by atoms with Gasteiger partial charge in [-0.05, 0) is 42.9 Å². The summed E-state index contributed by atoms with van der Waals surface area (Å²) in [4.78, 5) is 9.00. The SMILES string of the molecule is C[C@@]1(CNS(=O)(=O)O)C[C@@H](n2ccc3c(N[C@H]4CCc5ccccc54)ncnc32)C[C@@H]1O. The van der Waals surface area contributed by atoms with Gasteiger partial charge in [-0.2, -0.15) is 13.1 Å². The van der Waals surface area contributed by atoms with Crippen molar-refractivity contribution in [3.05, 3.63) is 54.0 Å². The van der Waals surface area contributed by atoms with Crippen molar-refractivity contribution in [2.75, 3.05) is 11.9 Å². The van der Waals surface area contributed by atoms with E-state index in [9.17, 15) is 13.5 Å². The first-order chi connectivity index (χ1) is 15.2. The molecule has 5 rings (SSSR count). The summed E-state index contributed by atoms with van der Waals surface area (Å²) in [5, 5.41) is 15.1. The van der Waals surface area contributed by atoms with Crippen molar-refractivity contribution >= 4 is 27.2 Å². The summed E-state index contributed by atoms with van der Waals surface area (Å²) in [6.45, 7) is 1.78. The Labute approximate surface area is 186 Å². The number of aromatic nitrogens is 3. The second-order valence-corrected chi connectivity index (χ2v) is 10.4. The highest BCUT2D eigenvalue weighted by atomic mass is 32.2. The van der Waals surface area contributed by atoms with Gasteiger partial charge in [-0.1, -0.05) is 31.2 Å². The minimum absolute atomic E-state index is 0.0361. The van der Waals surface area contributed by atoms with Crippen molar-refractivity contribution in [3.63, 3.8) is 0 Å².